The van der Waals surface area contributed by atoms with Gasteiger partial charge in [-0.1, -0.05) is 0 Å². The molecule has 1 fully saturated rings. The van der Waals surface area contributed by atoms with Crippen molar-refractivity contribution >= 4 is 33.7 Å². The first-order valence-electron chi connectivity index (χ1n) is 5.19. The van der Waals surface area contributed by atoms with Crippen molar-refractivity contribution in [3.8, 4) is 5.88 Å². The molecule has 96 valence electrons. The highest BCUT2D eigenvalue weighted by Gasteiger charge is 2.32. The van der Waals surface area contributed by atoms with Gasteiger partial charge in [0.1, 0.15) is 12.6 Å². The quantitative estimate of drug-likeness (QED) is 0.779. The van der Waals surface area contributed by atoms with Crippen LogP contribution < -0.4 is 15.0 Å². The Balaban J connectivity index is 2.35. The number of methoxy groups -OCH3 is 1. The van der Waals surface area contributed by atoms with Crippen molar-refractivity contribution < 1.29 is 14.3 Å². The number of aromatic nitrogens is 2. The minimum atomic E-state index is -0.506. The molecular formula is C10H11BrN4O3. The summed E-state index contributed by atoms with van der Waals surface area (Å²) in [5, 5.41) is 2.25. The predicted octanol–water partition coefficient (Wildman–Crippen LogP) is 0.0990. The van der Waals surface area contributed by atoms with Crippen LogP contribution in [-0.4, -0.2) is 41.5 Å². The summed E-state index contributed by atoms with van der Waals surface area (Å²) in [6.07, 6.45) is 1.52. The topological polar surface area (TPSA) is 84.4 Å². The Kier molecular flexibility index (Phi) is 3.46. The van der Waals surface area contributed by atoms with E-state index in [0.29, 0.717) is 10.4 Å². The van der Waals surface area contributed by atoms with E-state index in [1.807, 2.05) is 0 Å². The van der Waals surface area contributed by atoms with Crippen molar-refractivity contribution in [3.05, 3.63) is 10.7 Å². The van der Waals surface area contributed by atoms with Crippen molar-refractivity contribution in [3.63, 3.8) is 0 Å². The van der Waals surface area contributed by atoms with Crippen molar-refractivity contribution in [2.45, 2.75) is 13.0 Å². The van der Waals surface area contributed by atoms with Gasteiger partial charge in [0.25, 0.3) is 0 Å². The monoisotopic (exact) mass is 314 g/mol. The molecule has 1 aliphatic heterocycles. The molecule has 1 unspecified atom stereocenters. The summed E-state index contributed by atoms with van der Waals surface area (Å²) in [5.41, 5.74) is 0. The molecule has 0 bridgehead atoms. The van der Waals surface area contributed by atoms with E-state index >= 15 is 0 Å². The molecule has 1 aromatic rings. The average Bonchev–Trinajstić information content (AvgIpc) is 2.34. The molecule has 1 saturated heterocycles. The number of rotatable bonds is 2. The zero-order valence-electron chi connectivity index (χ0n) is 9.81. The summed E-state index contributed by atoms with van der Waals surface area (Å²) in [7, 11) is 1.48. The van der Waals surface area contributed by atoms with Crippen LogP contribution in [0.5, 0.6) is 5.88 Å². The van der Waals surface area contributed by atoms with Crippen LogP contribution in [0.15, 0.2) is 10.7 Å². The Labute approximate surface area is 112 Å². The van der Waals surface area contributed by atoms with E-state index in [0.717, 1.165) is 0 Å². The van der Waals surface area contributed by atoms with E-state index in [9.17, 15) is 9.59 Å². The molecule has 2 heterocycles. The van der Waals surface area contributed by atoms with Crippen molar-refractivity contribution in [2.75, 3.05) is 18.6 Å². The summed E-state index contributed by atoms with van der Waals surface area (Å²) in [5.74, 6) is -0.100. The average molecular weight is 315 g/mol. The number of nitrogens with zero attached hydrogens (tertiary/aromatic N) is 3. The number of hydrogen-bond donors (Lipinski definition) is 1. The molecule has 1 N–H and O–H groups in total. The maximum absolute atomic E-state index is 11.5. The smallest absolute Gasteiger partial charge is 0.249 e. The Morgan fingerprint density at radius 2 is 2.28 bits per heavy atom. The summed E-state index contributed by atoms with van der Waals surface area (Å²) in [4.78, 5) is 32.7. The van der Waals surface area contributed by atoms with Crippen molar-refractivity contribution in [2.24, 2.45) is 0 Å². The number of piperazine rings is 1. The fourth-order valence-corrected chi connectivity index (χ4v) is 1.94. The normalized spacial score (nSPS) is 19.7. The van der Waals surface area contributed by atoms with E-state index in [4.69, 9.17) is 4.74 Å². The number of ether oxygens (including phenoxy) is 1. The van der Waals surface area contributed by atoms with Gasteiger partial charge in [-0.3, -0.25) is 14.9 Å². The minimum Gasteiger partial charge on any atom is -0.480 e. The van der Waals surface area contributed by atoms with Gasteiger partial charge in [0, 0.05) is 0 Å². The third-order valence-electron chi connectivity index (χ3n) is 2.57. The van der Waals surface area contributed by atoms with Gasteiger partial charge in [0.15, 0.2) is 0 Å². The zero-order valence-corrected chi connectivity index (χ0v) is 11.4. The fraction of sp³-hybridized carbons (Fsp3) is 0.400. The van der Waals surface area contributed by atoms with Crippen molar-refractivity contribution in [1.29, 1.82) is 0 Å². The third-order valence-corrected chi connectivity index (χ3v) is 3.12. The molecule has 7 nitrogen and oxygen atoms in total. The maximum Gasteiger partial charge on any atom is 0.249 e. The molecule has 1 aliphatic rings. The Hall–Kier alpha value is -1.70. The lowest BCUT2D eigenvalue weighted by Crippen LogP contribution is -2.57. The fourth-order valence-electron chi connectivity index (χ4n) is 1.58. The molecule has 2 amide bonds. The summed E-state index contributed by atoms with van der Waals surface area (Å²) in [6, 6.07) is -0.506. The van der Waals surface area contributed by atoms with E-state index in [-0.39, 0.29) is 24.3 Å². The van der Waals surface area contributed by atoms with Gasteiger partial charge >= 0.3 is 0 Å². The lowest BCUT2D eigenvalue weighted by atomic mass is 10.2. The molecule has 1 aromatic heterocycles. The predicted molar refractivity (Wildman–Crippen MR) is 66.2 cm³/mol. The number of imide groups is 1. The molecule has 1 atom stereocenters. The summed E-state index contributed by atoms with van der Waals surface area (Å²) < 4.78 is 5.66. The number of carbonyl (C=O) groups excluding carboxylic acids is 2. The lowest BCUT2D eigenvalue weighted by molar-refractivity contribution is -0.132. The molecule has 0 radical (unpaired) electrons. The van der Waals surface area contributed by atoms with Gasteiger partial charge in [-0.15, -0.1) is 0 Å². The van der Waals surface area contributed by atoms with Crippen LogP contribution in [0, 0.1) is 0 Å². The van der Waals surface area contributed by atoms with Gasteiger partial charge in [-0.05, 0) is 22.9 Å². The van der Waals surface area contributed by atoms with Crippen molar-refractivity contribution in [1.82, 2.24) is 15.3 Å². The Morgan fingerprint density at radius 3 is 2.94 bits per heavy atom. The highest BCUT2D eigenvalue weighted by atomic mass is 79.9. The first-order chi connectivity index (χ1) is 8.52. The van der Waals surface area contributed by atoms with Crippen LogP contribution in [0.3, 0.4) is 0 Å². The first kappa shape index (κ1) is 12.7. The summed E-state index contributed by atoms with van der Waals surface area (Å²) in [6.45, 7) is 1.72. The molecular weight excluding hydrogens is 304 g/mol. The zero-order chi connectivity index (χ0) is 13.3. The Morgan fingerprint density at radius 1 is 1.56 bits per heavy atom. The number of amides is 2. The maximum atomic E-state index is 11.5. The second kappa shape index (κ2) is 4.89. The van der Waals surface area contributed by atoms with Gasteiger partial charge in [-0.25, -0.2) is 4.98 Å². The minimum absolute atomic E-state index is 0.0394. The van der Waals surface area contributed by atoms with Crippen LogP contribution in [0.4, 0.5) is 5.95 Å². The van der Waals surface area contributed by atoms with E-state index in [1.165, 1.54) is 18.2 Å². The second-order valence-electron chi connectivity index (χ2n) is 3.74. The third kappa shape index (κ3) is 2.28. The molecule has 8 heteroatoms. The van der Waals surface area contributed by atoms with E-state index in [1.54, 1.807) is 6.92 Å². The second-order valence-corrected chi connectivity index (χ2v) is 4.60. The van der Waals surface area contributed by atoms with E-state index in [2.05, 4.69) is 31.2 Å². The standard InChI is InChI=1S/C10H11BrN4O3/c1-5-8(17)13-7(16)4-15(5)10-12-3-6(11)9(14-10)18-2/h3,5H,4H2,1-2H3,(H,13,16,17). The lowest BCUT2D eigenvalue weighted by Gasteiger charge is -2.31. The highest BCUT2D eigenvalue weighted by Crippen LogP contribution is 2.24. The van der Waals surface area contributed by atoms with Crippen LogP contribution in [0.1, 0.15) is 6.92 Å². The molecule has 0 spiro atoms. The molecule has 18 heavy (non-hydrogen) atoms. The molecule has 0 aromatic carbocycles. The van der Waals surface area contributed by atoms with Crippen LogP contribution in [0.2, 0.25) is 0 Å². The summed E-state index contributed by atoms with van der Waals surface area (Å²) >= 11 is 3.24. The van der Waals surface area contributed by atoms with Crippen LogP contribution in [-0.2, 0) is 9.59 Å². The molecule has 0 saturated carbocycles. The number of nitrogens with one attached hydrogen (secondary N) is 1. The van der Waals surface area contributed by atoms with Crippen LogP contribution >= 0.6 is 15.9 Å². The largest absolute Gasteiger partial charge is 0.480 e. The Bertz CT molecular complexity index is 508. The van der Waals surface area contributed by atoms with Crippen LogP contribution in [0.25, 0.3) is 0 Å². The number of carbonyl (C=O) groups is 2. The number of hydrogen-bond acceptors (Lipinski definition) is 6. The molecule has 0 aliphatic carbocycles. The van der Waals surface area contributed by atoms with E-state index < -0.39 is 6.04 Å². The number of anilines is 1. The first-order valence-corrected chi connectivity index (χ1v) is 5.99. The van der Waals surface area contributed by atoms with Gasteiger partial charge < -0.3 is 9.64 Å². The number of halogens is 1. The SMILES string of the molecule is COc1nc(N2CC(=O)NC(=O)C2C)ncc1Br. The van der Waals surface area contributed by atoms with Gasteiger partial charge in [-0.2, -0.15) is 4.98 Å². The highest BCUT2D eigenvalue weighted by molar-refractivity contribution is 9.10. The van der Waals surface area contributed by atoms with Gasteiger partial charge in [0.2, 0.25) is 23.6 Å². The van der Waals surface area contributed by atoms with Gasteiger partial charge in [0.05, 0.1) is 17.8 Å². The molecule has 2 rings (SSSR count).